The smallest absolute Gasteiger partial charge is 0.342 e. The molecule has 158 valence electrons. The summed E-state index contributed by atoms with van der Waals surface area (Å²) in [4.78, 5) is 24.8. The van der Waals surface area contributed by atoms with Crippen LogP contribution in [0, 0.1) is 0 Å². The largest absolute Gasteiger partial charge is 0.497 e. The maximum Gasteiger partial charge on any atom is 0.342 e. The van der Waals surface area contributed by atoms with E-state index < -0.39 is 30.1 Å². The van der Waals surface area contributed by atoms with E-state index in [2.05, 4.69) is 0 Å². The maximum atomic E-state index is 12.9. The summed E-state index contributed by atoms with van der Waals surface area (Å²) < 4.78 is 21.2. The number of hydrogen-bond donors (Lipinski definition) is 2. The predicted octanol–water partition coefficient (Wildman–Crippen LogP) is 1.88. The van der Waals surface area contributed by atoms with Gasteiger partial charge in [-0.1, -0.05) is 18.2 Å². The van der Waals surface area contributed by atoms with Crippen molar-refractivity contribution in [3.63, 3.8) is 0 Å². The van der Waals surface area contributed by atoms with Gasteiger partial charge in [-0.3, -0.25) is 4.79 Å². The first-order valence-corrected chi connectivity index (χ1v) is 9.15. The molecule has 8 heteroatoms. The SMILES string of the molecule is COCOc1cc(OC)cc2c1C(=O)O[C@@H](C)C/C=C\C(=O)[C@@H](O)CC(O)/C=C/2. The first-order chi connectivity index (χ1) is 13.8. The number of aliphatic hydroxyl groups is 2. The molecule has 0 fully saturated rings. The molecule has 0 aliphatic carbocycles. The standard InChI is InChI=1S/C21H26O8/c1-13-5-4-6-17(23)18(24)10-15(22)8-7-14-9-16(27-3)11-19(28-12-26-2)20(14)21(25)29-13/h4,6-9,11,13,15,18,22,24H,5,10,12H2,1-3H3/b6-4-,8-7+/t13-,15?,18-/m0/s1. The Morgan fingerprint density at radius 2 is 1.93 bits per heavy atom. The normalized spacial score (nSPS) is 25.3. The monoisotopic (exact) mass is 406 g/mol. The summed E-state index contributed by atoms with van der Waals surface area (Å²) in [6, 6.07) is 3.14. The predicted molar refractivity (Wildman–Crippen MR) is 105 cm³/mol. The second kappa shape index (κ2) is 10.8. The minimum atomic E-state index is -1.34. The number of aliphatic hydroxyl groups excluding tert-OH is 2. The highest BCUT2D eigenvalue weighted by Gasteiger charge is 2.23. The van der Waals surface area contributed by atoms with E-state index in [0.717, 1.165) is 0 Å². The van der Waals surface area contributed by atoms with Gasteiger partial charge in [0.25, 0.3) is 0 Å². The van der Waals surface area contributed by atoms with Crippen molar-refractivity contribution in [2.24, 2.45) is 0 Å². The summed E-state index contributed by atoms with van der Waals surface area (Å²) in [5, 5.41) is 20.1. The number of benzene rings is 1. The molecular weight excluding hydrogens is 380 g/mol. The van der Waals surface area contributed by atoms with Crippen molar-refractivity contribution in [2.75, 3.05) is 21.0 Å². The molecule has 1 aliphatic rings. The summed E-state index contributed by atoms with van der Waals surface area (Å²) in [5.41, 5.74) is 0.538. The highest BCUT2D eigenvalue weighted by Crippen LogP contribution is 2.31. The van der Waals surface area contributed by atoms with Crippen LogP contribution >= 0.6 is 0 Å². The third-order valence-corrected chi connectivity index (χ3v) is 4.23. The Labute approximate surface area is 169 Å². The van der Waals surface area contributed by atoms with Crippen LogP contribution in [0.3, 0.4) is 0 Å². The molecule has 1 aromatic rings. The zero-order valence-electron chi connectivity index (χ0n) is 16.7. The molecule has 0 spiro atoms. The summed E-state index contributed by atoms with van der Waals surface area (Å²) >= 11 is 0. The molecule has 2 rings (SSSR count). The Bertz CT molecular complexity index is 783. The van der Waals surface area contributed by atoms with E-state index >= 15 is 0 Å². The summed E-state index contributed by atoms with van der Waals surface area (Å²) in [6.07, 6.45) is 2.76. The van der Waals surface area contributed by atoms with Gasteiger partial charge in [-0.15, -0.1) is 0 Å². The Morgan fingerprint density at radius 1 is 1.17 bits per heavy atom. The molecule has 0 saturated carbocycles. The quantitative estimate of drug-likeness (QED) is 0.576. The van der Waals surface area contributed by atoms with Gasteiger partial charge in [0.2, 0.25) is 0 Å². The Balaban J connectivity index is 2.52. The number of methoxy groups -OCH3 is 2. The minimum Gasteiger partial charge on any atom is -0.497 e. The van der Waals surface area contributed by atoms with Crippen LogP contribution in [0.2, 0.25) is 0 Å². The molecule has 1 heterocycles. The molecule has 3 atom stereocenters. The van der Waals surface area contributed by atoms with E-state index in [4.69, 9.17) is 18.9 Å². The maximum absolute atomic E-state index is 12.9. The molecular formula is C21H26O8. The molecule has 1 aromatic carbocycles. The van der Waals surface area contributed by atoms with Gasteiger partial charge in [0.15, 0.2) is 12.6 Å². The third-order valence-electron chi connectivity index (χ3n) is 4.23. The lowest BCUT2D eigenvalue weighted by Gasteiger charge is -2.18. The van der Waals surface area contributed by atoms with Crippen molar-refractivity contribution in [2.45, 2.75) is 38.1 Å². The van der Waals surface area contributed by atoms with Crippen LogP contribution in [0.5, 0.6) is 11.5 Å². The number of rotatable bonds is 4. The van der Waals surface area contributed by atoms with E-state index in [1.54, 1.807) is 19.1 Å². The van der Waals surface area contributed by atoms with Crippen LogP contribution < -0.4 is 9.47 Å². The Kier molecular flexibility index (Phi) is 8.38. The fourth-order valence-corrected chi connectivity index (χ4v) is 2.73. The Hall–Kier alpha value is -2.68. The van der Waals surface area contributed by atoms with Gasteiger partial charge in [0.1, 0.15) is 29.3 Å². The Morgan fingerprint density at radius 3 is 2.62 bits per heavy atom. The van der Waals surface area contributed by atoms with Gasteiger partial charge in [-0.25, -0.2) is 4.79 Å². The van der Waals surface area contributed by atoms with Crippen molar-refractivity contribution in [3.8, 4) is 11.5 Å². The lowest BCUT2D eigenvalue weighted by Crippen LogP contribution is -2.24. The molecule has 0 amide bonds. The van der Waals surface area contributed by atoms with E-state index in [0.29, 0.717) is 11.3 Å². The molecule has 1 unspecified atom stereocenters. The van der Waals surface area contributed by atoms with Gasteiger partial charge >= 0.3 is 5.97 Å². The third kappa shape index (κ3) is 6.42. The molecule has 29 heavy (non-hydrogen) atoms. The number of ether oxygens (including phenoxy) is 4. The van der Waals surface area contributed by atoms with E-state index in [-0.39, 0.29) is 30.9 Å². The molecule has 2 N–H and O–H groups in total. The first kappa shape index (κ1) is 22.6. The number of ketones is 1. The van der Waals surface area contributed by atoms with Crippen LogP contribution in [-0.2, 0) is 14.3 Å². The van der Waals surface area contributed by atoms with Crippen molar-refractivity contribution in [1.29, 1.82) is 0 Å². The lowest BCUT2D eigenvalue weighted by molar-refractivity contribution is -0.123. The van der Waals surface area contributed by atoms with E-state index in [1.807, 2.05) is 0 Å². The van der Waals surface area contributed by atoms with E-state index in [1.165, 1.54) is 38.5 Å². The van der Waals surface area contributed by atoms with Gasteiger partial charge in [0, 0.05) is 26.0 Å². The second-order valence-corrected chi connectivity index (χ2v) is 6.57. The van der Waals surface area contributed by atoms with Crippen LogP contribution in [0.4, 0.5) is 0 Å². The number of cyclic esters (lactones) is 1. The topological polar surface area (TPSA) is 112 Å². The lowest BCUT2D eigenvalue weighted by atomic mass is 10.0. The van der Waals surface area contributed by atoms with Gasteiger partial charge in [-0.2, -0.15) is 0 Å². The first-order valence-electron chi connectivity index (χ1n) is 9.15. The molecule has 8 nitrogen and oxygen atoms in total. The average Bonchev–Trinajstić information content (AvgIpc) is 2.69. The highest BCUT2D eigenvalue weighted by molar-refractivity contribution is 5.97. The van der Waals surface area contributed by atoms with Crippen LogP contribution in [0.25, 0.3) is 6.08 Å². The molecule has 0 bridgehead atoms. The van der Waals surface area contributed by atoms with Gasteiger partial charge in [0.05, 0.1) is 13.2 Å². The molecule has 0 saturated heterocycles. The van der Waals surface area contributed by atoms with Crippen molar-refractivity contribution >= 4 is 17.8 Å². The van der Waals surface area contributed by atoms with Crippen molar-refractivity contribution in [3.05, 3.63) is 41.5 Å². The van der Waals surface area contributed by atoms with Gasteiger partial charge in [-0.05, 0) is 24.6 Å². The second-order valence-electron chi connectivity index (χ2n) is 6.57. The zero-order valence-corrected chi connectivity index (χ0v) is 16.7. The van der Waals surface area contributed by atoms with Crippen LogP contribution in [0.15, 0.2) is 30.4 Å². The molecule has 1 aliphatic heterocycles. The number of carbonyl (C=O) groups excluding carboxylic acids is 2. The summed E-state index contributed by atoms with van der Waals surface area (Å²) in [5.74, 6) is -0.521. The van der Waals surface area contributed by atoms with Crippen molar-refractivity contribution < 1.29 is 38.7 Å². The fraction of sp³-hybridized carbons (Fsp3) is 0.429. The minimum absolute atomic E-state index is 0.0914. The molecule has 0 radical (unpaired) electrons. The summed E-state index contributed by atoms with van der Waals surface area (Å²) in [7, 11) is 2.92. The fourth-order valence-electron chi connectivity index (χ4n) is 2.73. The number of esters is 1. The van der Waals surface area contributed by atoms with E-state index in [9.17, 15) is 19.8 Å². The van der Waals surface area contributed by atoms with Crippen LogP contribution in [0.1, 0.15) is 35.7 Å². The number of fused-ring (bicyclic) bond motifs is 1. The van der Waals surface area contributed by atoms with Gasteiger partial charge < -0.3 is 29.2 Å². The zero-order chi connectivity index (χ0) is 21.4. The summed E-state index contributed by atoms with van der Waals surface area (Å²) in [6.45, 7) is 1.60. The van der Waals surface area contributed by atoms with Crippen molar-refractivity contribution in [1.82, 2.24) is 0 Å². The number of hydrogen-bond acceptors (Lipinski definition) is 8. The molecule has 0 aromatic heterocycles. The highest BCUT2D eigenvalue weighted by atomic mass is 16.7. The average molecular weight is 406 g/mol. The van der Waals surface area contributed by atoms with Crippen LogP contribution in [-0.4, -0.2) is 61.3 Å². The number of carbonyl (C=O) groups is 2.